The number of rotatable bonds is 4. The van der Waals surface area contributed by atoms with Crippen molar-refractivity contribution in [1.29, 1.82) is 0 Å². The molecule has 0 atom stereocenters. The van der Waals surface area contributed by atoms with Crippen molar-refractivity contribution in [2.75, 3.05) is 5.73 Å². The summed E-state index contributed by atoms with van der Waals surface area (Å²) in [5.74, 6) is -1.20. The molecule has 0 aliphatic rings. The minimum absolute atomic E-state index is 0.306. The predicted molar refractivity (Wildman–Crippen MR) is 52.4 cm³/mol. The Balaban J connectivity index is 3.33. The number of anilines is 1. The molecule has 0 saturated heterocycles. The smallest absolute Gasteiger partial charge is 0.387 e. The van der Waals surface area contributed by atoms with Crippen LogP contribution in [0.4, 0.5) is 23.2 Å². The van der Waals surface area contributed by atoms with Gasteiger partial charge in [-0.3, -0.25) is 4.79 Å². The molecule has 0 spiro atoms. The average molecular weight is 251 g/mol. The molecule has 0 saturated carbocycles. The first kappa shape index (κ1) is 13.3. The zero-order chi connectivity index (χ0) is 13.2. The maximum atomic E-state index is 12.7. The molecule has 7 heteroatoms. The molecule has 0 fully saturated rings. The van der Waals surface area contributed by atoms with Crippen molar-refractivity contribution in [2.45, 2.75) is 20.0 Å². The fourth-order valence-corrected chi connectivity index (χ4v) is 1.36. The monoisotopic (exact) mass is 251 g/mol. The number of ketones is 1. The van der Waals surface area contributed by atoms with Crippen LogP contribution in [0, 0.1) is 0 Å². The van der Waals surface area contributed by atoms with Crippen LogP contribution in [0.25, 0.3) is 0 Å². The van der Waals surface area contributed by atoms with Crippen molar-refractivity contribution < 1.29 is 27.1 Å². The molecular formula is C10H9F4NO2. The van der Waals surface area contributed by atoms with Crippen molar-refractivity contribution >= 4 is 11.5 Å². The number of ether oxygens (including phenoxy) is 1. The molecule has 0 aliphatic carbocycles. The highest BCUT2D eigenvalue weighted by molar-refractivity contribution is 5.97. The number of hydrogen-bond donors (Lipinski definition) is 1. The molecule has 1 aromatic carbocycles. The number of halogens is 4. The van der Waals surface area contributed by atoms with Gasteiger partial charge in [-0.15, -0.1) is 0 Å². The van der Waals surface area contributed by atoms with Crippen molar-refractivity contribution in [3.63, 3.8) is 0 Å². The van der Waals surface area contributed by atoms with Gasteiger partial charge in [-0.05, 0) is 19.1 Å². The van der Waals surface area contributed by atoms with Crippen molar-refractivity contribution in [3.8, 4) is 5.75 Å². The molecule has 3 nitrogen and oxygen atoms in total. The standard InChI is InChI=1S/C10H9F4NO2/c1-4(16)5-2-3-6(17-10(13)14)8(15)7(5)9(11)12/h2-3,9-10H,15H2,1H3. The van der Waals surface area contributed by atoms with Crippen molar-refractivity contribution in [2.24, 2.45) is 0 Å². The summed E-state index contributed by atoms with van der Waals surface area (Å²) < 4.78 is 53.3. The predicted octanol–water partition coefficient (Wildman–Crippen LogP) is 3.01. The van der Waals surface area contributed by atoms with Crippen LogP contribution in [0.15, 0.2) is 12.1 Å². The van der Waals surface area contributed by atoms with Crippen LogP contribution in [0.3, 0.4) is 0 Å². The van der Waals surface area contributed by atoms with Crippen LogP contribution >= 0.6 is 0 Å². The van der Waals surface area contributed by atoms with E-state index in [2.05, 4.69) is 4.74 Å². The zero-order valence-corrected chi connectivity index (χ0v) is 8.72. The van der Waals surface area contributed by atoms with Crippen LogP contribution in [0.5, 0.6) is 5.75 Å². The normalized spacial score (nSPS) is 11.0. The van der Waals surface area contributed by atoms with Gasteiger partial charge in [0.05, 0.1) is 11.3 Å². The van der Waals surface area contributed by atoms with Gasteiger partial charge in [-0.2, -0.15) is 8.78 Å². The van der Waals surface area contributed by atoms with E-state index in [4.69, 9.17) is 5.73 Å². The van der Waals surface area contributed by atoms with E-state index in [1.807, 2.05) is 0 Å². The topological polar surface area (TPSA) is 52.3 Å². The highest BCUT2D eigenvalue weighted by Crippen LogP contribution is 2.36. The maximum Gasteiger partial charge on any atom is 0.387 e. The van der Waals surface area contributed by atoms with Crippen LogP contribution in [-0.4, -0.2) is 12.4 Å². The van der Waals surface area contributed by atoms with Gasteiger partial charge < -0.3 is 10.5 Å². The van der Waals surface area contributed by atoms with Gasteiger partial charge in [0, 0.05) is 5.56 Å². The third-order valence-corrected chi connectivity index (χ3v) is 2.06. The molecule has 0 radical (unpaired) electrons. The molecule has 0 unspecified atom stereocenters. The highest BCUT2D eigenvalue weighted by Gasteiger charge is 2.23. The first-order valence-corrected chi connectivity index (χ1v) is 4.50. The summed E-state index contributed by atoms with van der Waals surface area (Å²) in [6.07, 6.45) is -3.05. The molecular weight excluding hydrogens is 242 g/mol. The lowest BCUT2D eigenvalue weighted by Gasteiger charge is -2.14. The van der Waals surface area contributed by atoms with Gasteiger partial charge in [0.1, 0.15) is 5.75 Å². The van der Waals surface area contributed by atoms with Gasteiger partial charge in [0.15, 0.2) is 5.78 Å². The molecule has 0 amide bonds. The number of nitrogen functional groups attached to an aromatic ring is 1. The molecule has 1 aromatic rings. The van der Waals surface area contributed by atoms with Crippen LogP contribution < -0.4 is 10.5 Å². The lowest BCUT2D eigenvalue weighted by Crippen LogP contribution is -2.09. The van der Waals surface area contributed by atoms with Gasteiger partial charge >= 0.3 is 6.61 Å². The SMILES string of the molecule is CC(=O)c1ccc(OC(F)F)c(N)c1C(F)F. The number of carbonyl (C=O) groups excluding carboxylic acids is 1. The van der Waals surface area contributed by atoms with E-state index in [0.29, 0.717) is 0 Å². The molecule has 1 rings (SSSR count). The van der Waals surface area contributed by atoms with Crippen molar-refractivity contribution in [3.05, 3.63) is 23.3 Å². The Labute approximate surface area is 94.2 Å². The molecule has 0 heterocycles. The number of nitrogens with two attached hydrogens (primary N) is 1. The number of carbonyl (C=O) groups is 1. The quantitative estimate of drug-likeness (QED) is 0.508. The summed E-state index contributed by atoms with van der Waals surface area (Å²) in [4.78, 5) is 11.1. The third-order valence-electron chi connectivity index (χ3n) is 2.06. The van der Waals surface area contributed by atoms with Crippen LogP contribution in [0.1, 0.15) is 29.3 Å². The van der Waals surface area contributed by atoms with Crippen molar-refractivity contribution in [1.82, 2.24) is 0 Å². The highest BCUT2D eigenvalue weighted by atomic mass is 19.3. The summed E-state index contributed by atoms with van der Waals surface area (Å²) >= 11 is 0. The van der Waals surface area contributed by atoms with Crippen LogP contribution in [-0.2, 0) is 0 Å². The maximum absolute atomic E-state index is 12.7. The average Bonchev–Trinajstić information content (AvgIpc) is 2.19. The largest absolute Gasteiger partial charge is 0.433 e. The van der Waals surface area contributed by atoms with Gasteiger partial charge in [0.2, 0.25) is 0 Å². The van der Waals surface area contributed by atoms with Gasteiger partial charge in [-0.1, -0.05) is 0 Å². The Hall–Kier alpha value is -1.79. The second-order valence-electron chi connectivity index (χ2n) is 3.17. The number of Topliss-reactive ketones (excluding diaryl/α,β-unsaturated/α-hetero) is 1. The Kier molecular flexibility index (Phi) is 3.93. The Morgan fingerprint density at radius 3 is 2.29 bits per heavy atom. The molecule has 94 valence electrons. The van der Waals surface area contributed by atoms with E-state index < -0.39 is 35.8 Å². The number of benzene rings is 1. The number of hydrogen-bond acceptors (Lipinski definition) is 3. The third kappa shape index (κ3) is 2.86. The molecule has 2 N–H and O–H groups in total. The summed E-state index contributed by atoms with van der Waals surface area (Å²) in [5, 5.41) is 0. The minimum Gasteiger partial charge on any atom is -0.433 e. The van der Waals surface area contributed by atoms with E-state index in [1.165, 1.54) is 0 Å². The Morgan fingerprint density at radius 2 is 1.88 bits per heavy atom. The Bertz CT molecular complexity index is 435. The molecule has 0 aliphatic heterocycles. The fraction of sp³-hybridized carbons (Fsp3) is 0.300. The van der Waals surface area contributed by atoms with E-state index in [1.54, 1.807) is 0 Å². The Morgan fingerprint density at radius 1 is 1.29 bits per heavy atom. The second kappa shape index (κ2) is 5.03. The first-order chi connectivity index (χ1) is 7.84. The van der Waals surface area contributed by atoms with E-state index in [0.717, 1.165) is 19.1 Å². The summed E-state index contributed by atoms with van der Waals surface area (Å²) in [6, 6.07) is 1.95. The molecule has 0 bridgehead atoms. The minimum atomic E-state index is -3.17. The second-order valence-corrected chi connectivity index (χ2v) is 3.17. The molecule has 0 aromatic heterocycles. The lowest BCUT2D eigenvalue weighted by molar-refractivity contribution is -0.0494. The summed E-state index contributed by atoms with van der Waals surface area (Å²) in [7, 11) is 0. The van der Waals surface area contributed by atoms with Gasteiger partial charge in [-0.25, -0.2) is 8.78 Å². The summed E-state index contributed by atoms with van der Waals surface area (Å²) in [5.41, 5.74) is 3.55. The molecule has 17 heavy (non-hydrogen) atoms. The summed E-state index contributed by atoms with van der Waals surface area (Å²) in [6.45, 7) is -2.10. The van der Waals surface area contributed by atoms with E-state index in [9.17, 15) is 22.4 Å². The number of alkyl halides is 4. The van der Waals surface area contributed by atoms with E-state index >= 15 is 0 Å². The lowest BCUT2D eigenvalue weighted by atomic mass is 10.0. The fourth-order valence-electron chi connectivity index (χ4n) is 1.36. The van der Waals surface area contributed by atoms with Crippen LogP contribution in [0.2, 0.25) is 0 Å². The van der Waals surface area contributed by atoms with E-state index in [-0.39, 0.29) is 5.56 Å². The van der Waals surface area contributed by atoms with Gasteiger partial charge in [0.25, 0.3) is 6.43 Å². The zero-order valence-electron chi connectivity index (χ0n) is 8.72. The first-order valence-electron chi connectivity index (χ1n) is 4.50.